The summed E-state index contributed by atoms with van der Waals surface area (Å²) >= 11 is 1.83. The third-order valence-electron chi connectivity index (χ3n) is 2.72. The fourth-order valence-electron chi connectivity index (χ4n) is 1.63. The van der Waals surface area contributed by atoms with Gasteiger partial charge in [0.2, 0.25) is 0 Å². The van der Waals surface area contributed by atoms with Crippen molar-refractivity contribution < 1.29 is 5.11 Å². The number of aliphatic hydroxyl groups is 1. The van der Waals surface area contributed by atoms with Crippen molar-refractivity contribution in [2.45, 2.75) is 64.4 Å². The molecule has 0 aliphatic carbocycles. The van der Waals surface area contributed by atoms with Gasteiger partial charge in [-0.2, -0.15) is 11.8 Å². The number of nitrogens with two attached hydrogens (primary N) is 1. The fourth-order valence-corrected chi connectivity index (χ4v) is 2.61. The Balaban J connectivity index is 0. The lowest BCUT2D eigenvalue weighted by atomic mass is 10.1. The first-order chi connectivity index (χ1) is 7.81. The van der Waals surface area contributed by atoms with E-state index in [2.05, 4.69) is 6.92 Å². The summed E-state index contributed by atoms with van der Waals surface area (Å²) in [5.41, 5.74) is 5.33. The molecule has 2 nitrogen and oxygen atoms in total. The molecule has 0 aliphatic heterocycles. The van der Waals surface area contributed by atoms with Gasteiger partial charge in [0, 0.05) is 12.3 Å². The van der Waals surface area contributed by atoms with Gasteiger partial charge in [-0.25, -0.2) is 0 Å². The minimum absolute atomic E-state index is 0. The Morgan fingerprint density at radius 3 is 2.06 bits per heavy atom. The summed E-state index contributed by atoms with van der Waals surface area (Å²) in [7, 11) is 0. The molecule has 106 valence electrons. The van der Waals surface area contributed by atoms with Gasteiger partial charge in [-0.05, 0) is 12.2 Å². The molecule has 0 spiro atoms. The van der Waals surface area contributed by atoms with Crippen LogP contribution >= 0.6 is 24.2 Å². The normalized spacial score (nSPS) is 12.2. The largest absolute Gasteiger partial charge is 0.391 e. The van der Waals surface area contributed by atoms with E-state index in [1.165, 1.54) is 57.1 Å². The summed E-state index contributed by atoms with van der Waals surface area (Å²) in [4.78, 5) is 0. The highest BCUT2D eigenvalue weighted by Gasteiger charge is 1.99. The van der Waals surface area contributed by atoms with E-state index in [4.69, 9.17) is 5.73 Å². The van der Waals surface area contributed by atoms with Gasteiger partial charge in [0.05, 0.1) is 6.10 Å². The maximum Gasteiger partial charge on any atom is 0.0752 e. The van der Waals surface area contributed by atoms with E-state index in [0.29, 0.717) is 6.54 Å². The highest BCUT2D eigenvalue weighted by molar-refractivity contribution is 7.99. The Bertz CT molecular complexity index is 139. The molecule has 0 heterocycles. The fraction of sp³-hybridized carbons (Fsp3) is 1.00. The lowest BCUT2D eigenvalue weighted by Gasteiger charge is -2.06. The van der Waals surface area contributed by atoms with Crippen LogP contribution in [0.3, 0.4) is 0 Å². The zero-order valence-electron chi connectivity index (χ0n) is 11.2. The number of rotatable bonds is 12. The average Bonchev–Trinajstić information content (AvgIpc) is 2.31. The summed E-state index contributed by atoms with van der Waals surface area (Å²) in [6, 6.07) is 0. The number of aliphatic hydroxyl groups excluding tert-OH is 1. The van der Waals surface area contributed by atoms with Gasteiger partial charge in [-0.15, -0.1) is 12.4 Å². The van der Waals surface area contributed by atoms with Gasteiger partial charge in [0.25, 0.3) is 0 Å². The molecule has 17 heavy (non-hydrogen) atoms. The molecule has 1 unspecified atom stereocenters. The molecule has 3 N–H and O–H groups in total. The molecule has 0 aliphatic rings. The third kappa shape index (κ3) is 16.6. The van der Waals surface area contributed by atoms with Crippen LogP contribution in [-0.4, -0.2) is 29.3 Å². The second-order valence-corrected chi connectivity index (χ2v) is 5.59. The van der Waals surface area contributed by atoms with Gasteiger partial charge < -0.3 is 10.8 Å². The number of unbranched alkanes of at least 4 members (excludes halogenated alkanes) is 7. The average molecular weight is 284 g/mol. The first kappa shape index (κ1) is 19.9. The van der Waals surface area contributed by atoms with E-state index in [0.717, 1.165) is 5.75 Å². The van der Waals surface area contributed by atoms with Crippen molar-refractivity contribution >= 4 is 24.2 Å². The maximum absolute atomic E-state index is 9.24. The molecule has 0 aromatic rings. The second kappa shape index (κ2) is 16.6. The van der Waals surface area contributed by atoms with Crippen LogP contribution in [0.1, 0.15) is 58.3 Å². The maximum atomic E-state index is 9.24. The van der Waals surface area contributed by atoms with Crippen molar-refractivity contribution in [1.82, 2.24) is 0 Å². The monoisotopic (exact) mass is 283 g/mol. The number of hydrogen-bond donors (Lipinski definition) is 2. The number of thioether (sulfide) groups is 1. The van der Waals surface area contributed by atoms with Gasteiger partial charge in [-0.1, -0.05) is 51.9 Å². The first-order valence-corrected chi connectivity index (χ1v) is 7.92. The third-order valence-corrected chi connectivity index (χ3v) is 3.92. The van der Waals surface area contributed by atoms with Crippen LogP contribution in [0.25, 0.3) is 0 Å². The molecule has 0 saturated heterocycles. The molecule has 0 radical (unpaired) electrons. The zero-order valence-corrected chi connectivity index (χ0v) is 12.8. The molecule has 0 bridgehead atoms. The van der Waals surface area contributed by atoms with Crippen LogP contribution in [0, 0.1) is 0 Å². The Kier molecular flexibility index (Phi) is 19.4. The standard InChI is InChI=1S/C13H29NOS.ClH/c1-2-3-4-5-6-7-8-9-10-16-12-13(15)11-14;/h13,15H,2-12,14H2,1H3;1H. The highest BCUT2D eigenvalue weighted by Crippen LogP contribution is 2.11. The predicted octanol–water partition coefficient (Wildman–Crippen LogP) is 3.60. The van der Waals surface area contributed by atoms with E-state index < -0.39 is 0 Å². The Morgan fingerprint density at radius 1 is 1.00 bits per heavy atom. The molecule has 0 saturated carbocycles. The summed E-state index contributed by atoms with van der Waals surface area (Å²) in [6.45, 7) is 2.65. The van der Waals surface area contributed by atoms with E-state index in [1.54, 1.807) is 0 Å². The predicted molar refractivity (Wildman–Crippen MR) is 82.2 cm³/mol. The lowest BCUT2D eigenvalue weighted by molar-refractivity contribution is 0.208. The summed E-state index contributed by atoms with van der Waals surface area (Å²) in [6.07, 6.45) is 10.7. The van der Waals surface area contributed by atoms with Crippen LogP contribution in [-0.2, 0) is 0 Å². The van der Waals surface area contributed by atoms with Crippen molar-refractivity contribution in [1.29, 1.82) is 0 Å². The molecular weight excluding hydrogens is 254 g/mol. The zero-order chi connectivity index (χ0) is 12.1. The molecule has 0 aromatic carbocycles. The van der Waals surface area contributed by atoms with E-state index in [9.17, 15) is 5.11 Å². The van der Waals surface area contributed by atoms with Gasteiger partial charge in [0.1, 0.15) is 0 Å². The number of halogens is 1. The Labute approximate surface area is 118 Å². The van der Waals surface area contributed by atoms with Crippen molar-refractivity contribution in [3.63, 3.8) is 0 Å². The SMILES string of the molecule is CCCCCCCCCCSCC(O)CN.Cl. The summed E-state index contributed by atoms with van der Waals surface area (Å²) in [5, 5.41) is 9.24. The smallest absolute Gasteiger partial charge is 0.0752 e. The molecule has 1 atom stereocenters. The molecular formula is C13H30ClNOS. The van der Waals surface area contributed by atoms with Crippen molar-refractivity contribution in [2.75, 3.05) is 18.1 Å². The van der Waals surface area contributed by atoms with E-state index in [1.807, 2.05) is 11.8 Å². The second-order valence-electron chi connectivity index (χ2n) is 4.44. The lowest BCUT2D eigenvalue weighted by Crippen LogP contribution is -2.22. The quantitative estimate of drug-likeness (QED) is 0.538. The summed E-state index contributed by atoms with van der Waals surface area (Å²) in [5.74, 6) is 1.97. The minimum Gasteiger partial charge on any atom is -0.391 e. The Hall–Kier alpha value is 0.560. The van der Waals surface area contributed by atoms with Gasteiger partial charge >= 0.3 is 0 Å². The Morgan fingerprint density at radius 2 is 1.53 bits per heavy atom. The van der Waals surface area contributed by atoms with Crippen LogP contribution in [0.5, 0.6) is 0 Å². The molecule has 0 rings (SSSR count). The van der Waals surface area contributed by atoms with Crippen molar-refractivity contribution in [3.8, 4) is 0 Å². The van der Waals surface area contributed by atoms with Gasteiger partial charge in [-0.3, -0.25) is 0 Å². The van der Waals surface area contributed by atoms with Crippen LogP contribution < -0.4 is 5.73 Å². The molecule has 0 aromatic heterocycles. The molecule has 0 amide bonds. The molecule has 4 heteroatoms. The van der Waals surface area contributed by atoms with E-state index >= 15 is 0 Å². The van der Waals surface area contributed by atoms with Crippen LogP contribution in [0.4, 0.5) is 0 Å². The first-order valence-electron chi connectivity index (χ1n) is 6.77. The van der Waals surface area contributed by atoms with Crippen LogP contribution in [0.2, 0.25) is 0 Å². The number of hydrogen-bond acceptors (Lipinski definition) is 3. The topological polar surface area (TPSA) is 46.2 Å². The van der Waals surface area contributed by atoms with E-state index in [-0.39, 0.29) is 18.5 Å². The van der Waals surface area contributed by atoms with Crippen molar-refractivity contribution in [3.05, 3.63) is 0 Å². The highest BCUT2D eigenvalue weighted by atomic mass is 35.5. The molecule has 0 fully saturated rings. The van der Waals surface area contributed by atoms with Crippen LogP contribution in [0.15, 0.2) is 0 Å². The van der Waals surface area contributed by atoms with Gasteiger partial charge in [0.15, 0.2) is 0 Å². The minimum atomic E-state index is -0.306. The van der Waals surface area contributed by atoms with Crippen molar-refractivity contribution in [2.24, 2.45) is 5.73 Å². The summed E-state index contributed by atoms with van der Waals surface area (Å²) < 4.78 is 0.